The molecule has 0 fully saturated rings. The van der Waals surface area contributed by atoms with Gasteiger partial charge in [0.15, 0.2) is 11.5 Å². The fourth-order valence-electron chi connectivity index (χ4n) is 4.61. The molecule has 1 aliphatic rings. The number of hydrogen-bond acceptors (Lipinski definition) is 5. The van der Waals surface area contributed by atoms with Gasteiger partial charge in [0.1, 0.15) is 17.1 Å². The van der Waals surface area contributed by atoms with Crippen molar-refractivity contribution in [3.8, 4) is 28.5 Å². The Bertz CT molecular complexity index is 1210. The number of nitrogens with one attached hydrogen (secondary N) is 1. The molecule has 1 aromatic heterocycles. The highest BCUT2D eigenvalue weighted by Crippen LogP contribution is 2.46. The molecular formula is C27H31N3O4. The van der Waals surface area contributed by atoms with E-state index >= 15 is 0 Å². The monoisotopic (exact) mass is 461 g/mol. The van der Waals surface area contributed by atoms with Gasteiger partial charge in [-0.05, 0) is 62.1 Å². The summed E-state index contributed by atoms with van der Waals surface area (Å²) in [6.07, 6.45) is 2.60. The second-order valence-corrected chi connectivity index (χ2v) is 8.47. The van der Waals surface area contributed by atoms with Crippen LogP contribution in [0.3, 0.4) is 0 Å². The maximum absolute atomic E-state index is 13.3. The number of phenolic OH excluding ortho intramolecular Hbond substituents is 1. The van der Waals surface area contributed by atoms with Crippen LogP contribution >= 0.6 is 0 Å². The summed E-state index contributed by atoms with van der Waals surface area (Å²) < 4.78 is 11.7. The Labute approximate surface area is 200 Å². The van der Waals surface area contributed by atoms with E-state index in [1.165, 1.54) is 0 Å². The van der Waals surface area contributed by atoms with E-state index in [9.17, 15) is 9.90 Å². The lowest BCUT2D eigenvalue weighted by molar-refractivity contribution is 0.0764. The summed E-state index contributed by atoms with van der Waals surface area (Å²) in [6, 6.07) is 9.05. The molecule has 0 radical (unpaired) electrons. The van der Waals surface area contributed by atoms with Crippen molar-refractivity contribution in [2.45, 2.75) is 40.2 Å². The first kappa shape index (κ1) is 23.4. The lowest BCUT2D eigenvalue weighted by Crippen LogP contribution is -2.29. The minimum absolute atomic E-state index is 0.137. The second kappa shape index (κ2) is 9.63. The van der Waals surface area contributed by atoms with Crippen LogP contribution in [0, 0.1) is 13.8 Å². The third-order valence-corrected chi connectivity index (χ3v) is 5.93. The van der Waals surface area contributed by atoms with E-state index < -0.39 is 6.04 Å². The number of phenols is 1. The molecule has 0 spiro atoms. The van der Waals surface area contributed by atoms with Crippen molar-refractivity contribution in [2.24, 2.45) is 0 Å². The van der Waals surface area contributed by atoms with E-state index in [0.717, 1.165) is 28.7 Å². The highest BCUT2D eigenvalue weighted by molar-refractivity contribution is 6.00. The van der Waals surface area contributed by atoms with Crippen molar-refractivity contribution in [1.29, 1.82) is 0 Å². The van der Waals surface area contributed by atoms with Crippen molar-refractivity contribution in [3.05, 3.63) is 70.9 Å². The summed E-state index contributed by atoms with van der Waals surface area (Å²) in [4.78, 5) is 15.1. The van der Waals surface area contributed by atoms with Gasteiger partial charge < -0.3 is 19.5 Å². The Morgan fingerprint density at radius 1 is 1.18 bits per heavy atom. The van der Waals surface area contributed by atoms with Gasteiger partial charge in [0, 0.05) is 17.7 Å². The van der Waals surface area contributed by atoms with E-state index in [-0.39, 0.29) is 11.7 Å². The first-order chi connectivity index (χ1) is 16.4. The number of aromatic hydroxyl groups is 1. The summed E-state index contributed by atoms with van der Waals surface area (Å²) in [6.45, 7) is 13.1. The summed E-state index contributed by atoms with van der Waals surface area (Å²) in [5, 5.41) is 18.2. The molecule has 7 nitrogen and oxygen atoms in total. The zero-order valence-electron chi connectivity index (χ0n) is 20.1. The maximum Gasteiger partial charge on any atom is 0.273 e. The van der Waals surface area contributed by atoms with Crippen LogP contribution in [0.2, 0.25) is 0 Å². The van der Waals surface area contributed by atoms with Crippen molar-refractivity contribution in [2.75, 3.05) is 19.8 Å². The van der Waals surface area contributed by atoms with Crippen LogP contribution in [0.1, 0.15) is 59.1 Å². The van der Waals surface area contributed by atoms with Crippen LogP contribution in [0.15, 0.2) is 43.0 Å². The van der Waals surface area contributed by atoms with Crippen LogP contribution in [0.4, 0.5) is 0 Å². The minimum Gasteiger partial charge on any atom is -0.507 e. The number of carbonyl (C=O) groups is 1. The third kappa shape index (κ3) is 4.02. The fraction of sp³-hybridized carbons (Fsp3) is 0.333. The standard InChI is InChI=1S/C27H31N3O4/c1-6-11-30-26(18-9-10-20(34-12-7-2)21(15-18)33-8-3)23-24(28-29-25(23)27(30)32)22-17(5)13-16(4)14-19(22)31/h6,9-10,13-15,26,31H,1,7-8,11-12H2,2-5H3,(H,28,29). The molecule has 0 aliphatic carbocycles. The van der Waals surface area contributed by atoms with Gasteiger partial charge in [0.05, 0.1) is 19.3 Å². The molecule has 7 heteroatoms. The number of aromatic nitrogens is 2. The molecule has 2 heterocycles. The predicted molar refractivity (Wildman–Crippen MR) is 132 cm³/mol. The lowest BCUT2D eigenvalue weighted by Gasteiger charge is -2.26. The number of nitrogens with zero attached hydrogens (tertiary/aromatic N) is 2. The average molecular weight is 462 g/mol. The van der Waals surface area contributed by atoms with E-state index in [2.05, 4.69) is 23.7 Å². The van der Waals surface area contributed by atoms with E-state index in [1.54, 1.807) is 17.0 Å². The zero-order valence-corrected chi connectivity index (χ0v) is 20.1. The number of aromatic amines is 1. The van der Waals surface area contributed by atoms with Crippen molar-refractivity contribution in [3.63, 3.8) is 0 Å². The zero-order chi connectivity index (χ0) is 24.4. The van der Waals surface area contributed by atoms with E-state index in [4.69, 9.17) is 9.47 Å². The summed E-state index contributed by atoms with van der Waals surface area (Å²) >= 11 is 0. The molecule has 178 valence electrons. The molecule has 1 aliphatic heterocycles. The van der Waals surface area contributed by atoms with Crippen molar-refractivity contribution in [1.82, 2.24) is 15.1 Å². The summed E-state index contributed by atoms with van der Waals surface area (Å²) in [7, 11) is 0. The van der Waals surface area contributed by atoms with Gasteiger partial charge >= 0.3 is 0 Å². The predicted octanol–water partition coefficient (Wildman–Crippen LogP) is 5.32. The number of hydrogen-bond donors (Lipinski definition) is 2. The fourth-order valence-corrected chi connectivity index (χ4v) is 4.61. The Kier molecular flexibility index (Phi) is 6.63. The van der Waals surface area contributed by atoms with Gasteiger partial charge in [-0.1, -0.05) is 25.1 Å². The topological polar surface area (TPSA) is 87.7 Å². The van der Waals surface area contributed by atoms with Crippen LogP contribution in [0.25, 0.3) is 11.3 Å². The van der Waals surface area contributed by atoms with Gasteiger partial charge in [-0.25, -0.2) is 0 Å². The molecule has 1 atom stereocenters. The second-order valence-electron chi connectivity index (χ2n) is 8.47. The number of rotatable bonds is 9. The first-order valence-electron chi connectivity index (χ1n) is 11.6. The largest absolute Gasteiger partial charge is 0.507 e. The number of benzene rings is 2. The molecule has 1 unspecified atom stereocenters. The van der Waals surface area contributed by atoms with Gasteiger partial charge in [-0.3, -0.25) is 9.89 Å². The normalized spacial score (nSPS) is 14.9. The lowest BCUT2D eigenvalue weighted by atomic mass is 9.93. The highest BCUT2D eigenvalue weighted by Gasteiger charge is 2.42. The Balaban J connectivity index is 1.89. The molecule has 0 bridgehead atoms. The van der Waals surface area contributed by atoms with Crippen molar-refractivity contribution < 1.29 is 19.4 Å². The first-order valence-corrected chi connectivity index (χ1v) is 11.6. The quantitative estimate of drug-likeness (QED) is 0.421. The van der Waals surface area contributed by atoms with E-state index in [0.29, 0.717) is 48.2 Å². The van der Waals surface area contributed by atoms with Gasteiger partial charge in [0.25, 0.3) is 5.91 Å². The van der Waals surface area contributed by atoms with Gasteiger partial charge in [0.2, 0.25) is 0 Å². The van der Waals surface area contributed by atoms with Gasteiger partial charge in [-0.15, -0.1) is 6.58 Å². The number of H-pyrrole nitrogens is 1. The Morgan fingerprint density at radius 3 is 2.65 bits per heavy atom. The van der Waals surface area contributed by atoms with E-state index in [1.807, 2.05) is 45.0 Å². The number of ether oxygens (including phenoxy) is 2. The minimum atomic E-state index is -0.422. The Hall–Kier alpha value is -3.74. The molecule has 34 heavy (non-hydrogen) atoms. The molecule has 1 amide bonds. The molecule has 4 rings (SSSR count). The van der Waals surface area contributed by atoms with Gasteiger partial charge in [-0.2, -0.15) is 5.10 Å². The van der Waals surface area contributed by atoms with Crippen molar-refractivity contribution >= 4 is 5.91 Å². The molecular weight excluding hydrogens is 430 g/mol. The Morgan fingerprint density at radius 2 is 1.97 bits per heavy atom. The van der Waals surface area contributed by atoms with Crippen LogP contribution < -0.4 is 9.47 Å². The number of amides is 1. The summed E-state index contributed by atoms with van der Waals surface area (Å²) in [5.74, 6) is 1.28. The molecule has 2 N–H and O–H groups in total. The number of carbonyl (C=O) groups excluding carboxylic acids is 1. The average Bonchev–Trinajstić information content (AvgIpc) is 3.32. The summed E-state index contributed by atoms with van der Waals surface area (Å²) in [5.41, 5.74) is 5.06. The molecule has 3 aromatic rings. The van der Waals surface area contributed by atoms with Crippen LogP contribution in [0.5, 0.6) is 17.2 Å². The smallest absolute Gasteiger partial charge is 0.273 e. The maximum atomic E-state index is 13.3. The SMILES string of the molecule is C=CCN1C(=O)c2[nH]nc(-c3c(C)cc(C)cc3O)c2C1c1ccc(OCCC)c(OCC)c1. The molecule has 2 aromatic carbocycles. The van der Waals surface area contributed by atoms with Crippen LogP contribution in [-0.4, -0.2) is 45.9 Å². The molecule has 0 saturated heterocycles. The number of fused-ring (bicyclic) bond motifs is 1. The highest BCUT2D eigenvalue weighted by atomic mass is 16.5. The molecule has 0 saturated carbocycles. The van der Waals surface area contributed by atoms with Crippen LogP contribution in [-0.2, 0) is 0 Å². The third-order valence-electron chi connectivity index (χ3n) is 5.93. The number of aryl methyl sites for hydroxylation is 2.